The molecule has 6 heteroatoms. The van der Waals surface area contributed by atoms with E-state index in [1.807, 2.05) is 78.9 Å². The normalized spacial score (nSPS) is 11.6. The third kappa shape index (κ3) is 5.51. The minimum atomic E-state index is -0.916. The summed E-state index contributed by atoms with van der Waals surface area (Å²) in [6.07, 6.45) is 2.85. The second-order valence-corrected chi connectivity index (χ2v) is 6.94. The number of para-hydroxylation sites is 1. The Morgan fingerprint density at radius 3 is 2.42 bits per heavy atom. The van der Waals surface area contributed by atoms with E-state index in [9.17, 15) is 9.90 Å². The molecule has 1 N–H and O–H groups in total. The van der Waals surface area contributed by atoms with Crippen molar-refractivity contribution in [2.24, 2.45) is 0 Å². The number of oxazole rings is 1. The average molecular weight is 415 g/mol. The van der Waals surface area contributed by atoms with Crippen LogP contribution in [-0.2, 0) is 11.4 Å². The number of rotatable bonds is 9. The Labute approximate surface area is 179 Å². The summed E-state index contributed by atoms with van der Waals surface area (Å²) in [5.41, 5.74) is 1.77. The highest BCUT2D eigenvalue weighted by atomic mass is 16.5. The van der Waals surface area contributed by atoms with Crippen LogP contribution in [0.2, 0.25) is 0 Å². The summed E-state index contributed by atoms with van der Waals surface area (Å²) < 4.78 is 17.1. The highest BCUT2D eigenvalue weighted by Gasteiger charge is 2.22. The van der Waals surface area contributed by atoms with E-state index in [-0.39, 0.29) is 6.42 Å². The molecule has 0 spiro atoms. The van der Waals surface area contributed by atoms with Gasteiger partial charge in [-0.25, -0.2) is 4.98 Å². The first-order chi connectivity index (χ1) is 15.2. The van der Waals surface area contributed by atoms with Gasteiger partial charge in [0, 0.05) is 0 Å². The van der Waals surface area contributed by atoms with Crippen molar-refractivity contribution in [3.63, 3.8) is 0 Å². The van der Waals surface area contributed by atoms with E-state index in [1.165, 1.54) is 12.5 Å². The molecule has 4 rings (SSSR count). The van der Waals surface area contributed by atoms with E-state index in [2.05, 4.69) is 4.98 Å². The molecule has 31 heavy (non-hydrogen) atoms. The van der Waals surface area contributed by atoms with Crippen LogP contribution < -0.4 is 9.47 Å². The molecule has 4 aromatic rings. The van der Waals surface area contributed by atoms with E-state index < -0.39 is 11.9 Å². The van der Waals surface area contributed by atoms with Crippen LogP contribution in [0.25, 0.3) is 0 Å². The topological polar surface area (TPSA) is 81.8 Å². The van der Waals surface area contributed by atoms with E-state index in [4.69, 9.17) is 13.9 Å². The molecule has 0 saturated heterocycles. The molecule has 0 amide bonds. The fourth-order valence-corrected chi connectivity index (χ4v) is 3.22. The summed E-state index contributed by atoms with van der Waals surface area (Å²) in [4.78, 5) is 15.4. The van der Waals surface area contributed by atoms with Gasteiger partial charge in [-0.1, -0.05) is 42.5 Å². The van der Waals surface area contributed by atoms with Gasteiger partial charge < -0.3 is 19.0 Å². The minimum absolute atomic E-state index is 0.102. The standard InChI is InChI=1S/C25H21NO5/c27-24(28)16-23(25-26-13-14-29-25)19-9-11-20(12-10-19)30-17-18-5-4-8-22(15-18)31-21-6-2-1-3-7-21/h1-15,23H,16-17H2,(H,27,28). The molecular formula is C25H21NO5. The van der Waals surface area contributed by atoms with E-state index in [0.717, 1.165) is 22.6 Å². The number of nitrogens with zero attached hydrogens (tertiary/aromatic N) is 1. The second kappa shape index (κ2) is 9.63. The summed E-state index contributed by atoms with van der Waals surface area (Å²) in [6.45, 7) is 0.379. The minimum Gasteiger partial charge on any atom is -0.489 e. The molecule has 0 saturated carbocycles. The summed E-state index contributed by atoms with van der Waals surface area (Å²) in [7, 11) is 0. The lowest BCUT2D eigenvalue weighted by Crippen LogP contribution is -2.08. The quantitative estimate of drug-likeness (QED) is 0.380. The lowest BCUT2D eigenvalue weighted by Gasteiger charge is -2.13. The Kier molecular flexibility index (Phi) is 6.28. The molecule has 6 nitrogen and oxygen atoms in total. The van der Waals surface area contributed by atoms with Crippen molar-refractivity contribution in [2.45, 2.75) is 18.9 Å². The fraction of sp³-hybridized carbons (Fsp3) is 0.120. The number of carboxylic acids is 1. The van der Waals surface area contributed by atoms with Gasteiger partial charge in [0.05, 0.1) is 18.5 Å². The van der Waals surface area contributed by atoms with Crippen molar-refractivity contribution in [1.29, 1.82) is 0 Å². The highest BCUT2D eigenvalue weighted by molar-refractivity contribution is 5.68. The van der Waals surface area contributed by atoms with E-state index in [1.54, 1.807) is 0 Å². The Bertz CT molecular complexity index is 1110. The van der Waals surface area contributed by atoms with Crippen molar-refractivity contribution < 1.29 is 23.8 Å². The first-order valence-corrected chi connectivity index (χ1v) is 9.83. The predicted octanol–water partition coefficient (Wildman–Crippen LogP) is 5.65. The van der Waals surface area contributed by atoms with Crippen molar-refractivity contribution in [3.05, 3.63) is 108 Å². The molecule has 1 atom stereocenters. The molecule has 0 bridgehead atoms. The molecule has 0 fully saturated rings. The maximum absolute atomic E-state index is 11.2. The van der Waals surface area contributed by atoms with Crippen LogP contribution in [-0.4, -0.2) is 16.1 Å². The summed E-state index contributed by atoms with van der Waals surface area (Å²) in [5, 5.41) is 9.22. The zero-order valence-corrected chi connectivity index (χ0v) is 16.7. The van der Waals surface area contributed by atoms with Gasteiger partial charge >= 0.3 is 5.97 Å². The van der Waals surface area contributed by atoms with Crippen LogP contribution in [0.4, 0.5) is 0 Å². The van der Waals surface area contributed by atoms with Crippen LogP contribution in [0.1, 0.15) is 29.4 Å². The maximum Gasteiger partial charge on any atom is 0.304 e. The zero-order valence-electron chi connectivity index (χ0n) is 16.7. The number of benzene rings is 3. The molecule has 0 aliphatic carbocycles. The van der Waals surface area contributed by atoms with Gasteiger partial charge in [-0.3, -0.25) is 4.79 Å². The SMILES string of the molecule is O=C(O)CC(c1ccc(OCc2cccc(Oc3ccccc3)c2)cc1)c1ncco1. The van der Waals surface area contributed by atoms with E-state index in [0.29, 0.717) is 18.2 Å². The number of aliphatic carboxylic acids is 1. The van der Waals surface area contributed by atoms with Crippen LogP contribution in [0.5, 0.6) is 17.2 Å². The third-order valence-electron chi connectivity index (χ3n) is 4.69. The lowest BCUT2D eigenvalue weighted by molar-refractivity contribution is -0.137. The zero-order chi connectivity index (χ0) is 21.5. The number of carboxylic acid groups (broad SMARTS) is 1. The van der Waals surface area contributed by atoms with Crippen LogP contribution in [0.3, 0.4) is 0 Å². The summed E-state index contributed by atoms with van der Waals surface area (Å²) in [6, 6.07) is 24.6. The average Bonchev–Trinajstić information content (AvgIpc) is 3.32. The van der Waals surface area contributed by atoms with Gasteiger partial charge in [0.1, 0.15) is 30.1 Å². The van der Waals surface area contributed by atoms with Crippen molar-refractivity contribution in [1.82, 2.24) is 4.98 Å². The van der Waals surface area contributed by atoms with Gasteiger partial charge in [0.15, 0.2) is 0 Å². The largest absolute Gasteiger partial charge is 0.489 e. The summed E-state index contributed by atoms with van der Waals surface area (Å²) >= 11 is 0. The molecule has 0 radical (unpaired) electrons. The predicted molar refractivity (Wildman–Crippen MR) is 114 cm³/mol. The molecule has 1 unspecified atom stereocenters. The molecule has 3 aromatic carbocycles. The smallest absolute Gasteiger partial charge is 0.304 e. The Morgan fingerprint density at radius 1 is 0.935 bits per heavy atom. The van der Waals surface area contributed by atoms with Crippen molar-refractivity contribution in [2.75, 3.05) is 0 Å². The highest BCUT2D eigenvalue weighted by Crippen LogP contribution is 2.29. The van der Waals surface area contributed by atoms with Gasteiger partial charge in [0.25, 0.3) is 0 Å². The van der Waals surface area contributed by atoms with Gasteiger partial charge in [0.2, 0.25) is 5.89 Å². The Hall–Kier alpha value is -4.06. The first-order valence-electron chi connectivity index (χ1n) is 9.83. The number of aromatic nitrogens is 1. The Morgan fingerprint density at radius 2 is 1.71 bits per heavy atom. The molecule has 0 aliphatic heterocycles. The van der Waals surface area contributed by atoms with E-state index >= 15 is 0 Å². The third-order valence-corrected chi connectivity index (χ3v) is 4.69. The van der Waals surface area contributed by atoms with Gasteiger partial charge in [-0.2, -0.15) is 0 Å². The monoisotopic (exact) mass is 415 g/mol. The van der Waals surface area contributed by atoms with Crippen molar-refractivity contribution >= 4 is 5.97 Å². The van der Waals surface area contributed by atoms with Gasteiger partial charge in [-0.15, -0.1) is 0 Å². The summed E-state index contributed by atoms with van der Waals surface area (Å²) in [5.74, 6) is 1.21. The first kappa shape index (κ1) is 20.2. The number of carbonyl (C=O) groups is 1. The van der Waals surface area contributed by atoms with Gasteiger partial charge in [-0.05, 0) is 47.5 Å². The number of hydrogen-bond donors (Lipinski definition) is 1. The van der Waals surface area contributed by atoms with Crippen LogP contribution in [0, 0.1) is 0 Å². The molecule has 156 valence electrons. The van der Waals surface area contributed by atoms with Crippen molar-refractivity contribution in [3.8, 4) is 17.2 Å². The maximum atomic E-state index is 11.2. The second-order valence-electron chi connectivity index (χ2n) is 6.94. The van der Waals surface area contributed by atoms with Crippen LogP contribution in [0.15, 0.2) is 95.7 Å². The Balaban J connectivity index is 1.40. The molecule has 1 aromatic heterocycles. The fourth-order valence-electron chi connectivity index (χ4n) is 3.22. The van der Waals surface area contributed by atoms with Crippen LogP contribution >= 0.6 is 0 Å². The molecular weight excluding hydrogens is 394 g/mol. The number of hydrogen-bond acceptors (Lipinski definition) is 5. The molecule has 0 aliphatic rings. The lowest BCUT2D eigenvalue weighted by atomic mass is 9.95. The molecule has 1 heterocycles. The number of ether oxygens (including phenoxy) is 2.